The predicted molar refractivity (Wildman–Crippen MR) is 83.9 cm³/mol. The van der Waals surface area contributed by atoms with E-state index in [4.69, 9.17) is 14.0 Å². The molecule has 1 amide bonds. The Hall–Kier alpha value is -2.64. The summed E-state index contributed by atoms with van der Waals surface area (Å²) in [7, 11) is 1.53. The maximum absolute atomic E-state index is 12.5. The summed E-state index contributed by atoms with van der Waals surface area (Å²) in [6.45, 7) is 4.87. The first-order chi connectivity index (χ1) is 11.6. The Kier molecular flexibility index (Phi) is 4.64. The topological polar surface area (TPSA) is 90.6 Å². The average Bonchev–Trinajstić information content (AvgIpc) is 3.17. The first kappa shape index (κ1) is 16.2. The third-order valence-electron chi connectivity index (χ3n) is 4.12. The minimum atomic E-state index is -0.0821. The molecule has 0 aliphatic carbocycles. The fourth-order valence-corrected chi connectivity index (χ4v) is 2.72. The molecule has 1 saturated heterocycles. The average molecular weight is 332 g/mol. The Morgan fingerprint density at radius 1 is 1.33 bits per heavy atom. The number of carbonyl (C=O) groups excluding carboxylic acids is 1. The minimum absolute atomic E-state index is 0.0521. The normalized spacial score (nSPS) is 17.1. The van der Waals surface area contributed by atoms with E-state index in [0.717, 1.165) is 17.7 Å². The summed E-state index contributed by atoms with van der Waals surface area (Å²) in [5.41, 5.74) is 1.63. The molecule has 2 aromatic heterocycles. The Morgan fingerprint density at radius 3 is 2.71 bits per heavy atom. The van der Waals surface area contributed by atoms with Crippen molar-refractivity contribution in [1.82, 2.24) is 20.3 Å². The molecule has 1 fully saturated rings. The molecule has 0 aromatic carbocycles. The van der Waals surface area contributed by atoms with E-state index in [1.807, 2.05) is 13.8 Å². The van der Waals surface area contributed by atoms with Crippen LogP contribution in [0.25, 0.3) is 0 Å². The van der Waals surface area contributed by atoms with Crippen LogP contribution in [0.1, 0.15) is 23.4 Å². The first-order valence-corrected chi connectivity index (χ1v) is 7.80. The van der Waals surface area contributed by atoms with Crippen molar-refractivity contribution in [3.05, 3.63) is 29.2 Å². The molecule has 0 saturated carbocycles. The molecule has 2 aromatic rings. The van der Waals surface area contributed by atoms with Gasteiger partial charge in [-0.2, -0.15) is 0 Å². The van der Waals surface area contributed by atoms with Crippen LogP contribution in [-0.4, -0.2) is 52.5 Å². The molecule has 0 N–H and O–H groups in total. The van der Waals surface area contributed by atoms with Gasteiger partial charge in [0.05, 0.1) is 25.8 Å². The molecule has 1 atom stereocenters. The fraction of sp³-hybridized carbons (Fsp3) is 0.500. The van der Waals surface area contributed by atoms with E-state index in [2.05, 4.69) is 15.4 Å². The maximum atomic E-state index is 12.5. The van der Waals surface area contributed by atoms with Gasteiger partial charge in [0.2, 0.25) is 17.7 Å². The highest BCUT2D eigenvalue weighted by Gasteiger charge is 2.29. The van der Waals surface area contributed by atoms with Crippen molar-refractivity contribution < 1.29 is 18.8 Å². The van der Waals surface area contributed by atoms with E-state index in [1.54, 1.807) is 17.0 Å². The van der Waals surface area contributed by atoms with Crippen LogP contribution in [0.4, 0.5) is 0 Å². The fourth-order valence-electron chi connectivity index (χ4n) is 2.72. The second kappa shape index (κ2) is 6.86. The lowest BCUT2D eigenvalue weighted by molar-refractivity contribution is -0.129. The molecule has 1 aliphatic rings. The molecule has 3 heterocycles. The SMILES string of the molecule is COc1ccc(OC2CCN(C(=O)Cc3c(C)noc3C)C2)nn1. The van der Waals surface area contributed by atoms with Crippen molar-refractivity contribution in [3.63, 3.8) is 0 Å². The molecule has 1 unspecified atom stereocenters. The quantitative estimate of drug-likeness (QED) is 0.815. The second-order valence-electron chi connectivity index (χ2n) is 5.76. The van der Waals surface area contributed by atoms with Gasteiger partial charge in [-0.3, -0.25) is 4.79 Å². The monoisotopic (exact) mass is 332 g/mol. The van der Waals surface area contributed by atoms with Crippen LogP contribution in [0.3, 0.4) is 0 Å². The van der Waals surface area contributed by atoms with Crippen LogP contribution in [0.5, 0.6) is 11.8 Å². The second-order valence-corrected chi connectivity index (χ2v) is 5.76. The number of aryl methyl sites for hydroxylation is 2. The predicted octanol–water partition coefficient (Wildman–Crippen LogP) is 1.31. The number of amides is 1. The van der Waals surface area contributed by atoms with Crippen LogP contribution < -0.4 is 9.47 Å². The molecular weight excluding hydrogens is 312 g/mol. The van der Waals surface area contributed by atoms with Gasteiger partial charge >= 0.3 is 0 Å². The summed E-state index contributed by atoms with van der Waals surface area (Å²) in [4.78, 5) is 14.3. The van der Waals surface area contributed by atoms with Crippen LogP contribution in [0.15, 0.2) is 16.7 Å². The minimum Gasteiger partial charge on any atom is -0.480 e. The summed E-state index contributed by atoms with van der Waals surface area (Å²) < 4.78 is 15.9. The molecule has 0 radical (unpaired) electrons. The maximum Gasteiger partial charge on any atom is 0.233 e. The lowest BCUT2D eigenvalue weighted by Crippen LogP contribution is -2.32. The zero-order valence-corrected chi connectivity index (χ0v) is 14.0. The van der Waals surface area contributed by atoms with Gasteiger partial charge in [-0.1, -0.05) is 5.16 Å². The van der Waals surface area contributed by atoms with Crippen LogP contribution in [0, 0.1) is 13.8 Å². The number of ether oxygens (including phenoxy) is 2. The first-order valence-electron chi connectivity index (χ1n) is 7.80. The van der Waals surface area contributed by atoms with E-state index in [9.17, 15) is 4.79 Å². The highest BCUT2D eigenvalue weighted by atomic mass is 16.5. The largest absolute Gasteiger partial charge is 0.480 e. The molecule has 8 nitrogen and oxygen atoms in total. The van der Waals surface area contributed by atoms with Gasteiger partial charge in [-0.05, 0) is 13.8 Å². The van der Waals surface area contributed by atoms with Crippen LogP contribution in [0.2, 0.25) is 0 Å². The molecule has 24 heavy (non-hydrogen) atoms. The number of likely N-dealkylation sites (tertiary alicyclic amines) is 1. The number of aromatic nitrogens is 3. The van der Waals surface area contributed by atoms with Crippen LogP contribution >= 0.6 is 0 Å². The van der Waals surface area contributed by atoms with E-state index in [0.29, 0.717) is 37.0 Å². The number of nitrogens with zero attached hydrogens (tertiary/aromatic N) is 4. The highest BCUT2D eigenvalue weighted by molar-refractivity contribution is 5.79. The number of hydrogen-bond donors (Lipinski definition) is 0. The molecule has 0 bridgehead atoms. The Labute approximate surface area is 139 Å². The Bertz CT molecular complexity index is 694. The zero-order chi connectivity index (χ0) is 17.1. The van der Waals surface area contributed by atoms with Gasteiger partial charge in [0.1, 0.15) is 11.9 Å². The molecule has 8 heteroatoms. The van der Waals surface area contributed by atoms with Gasteiger partial charge < -0.3 is 18.9 Å². The van der Waals surface area contributed by atoms with Crippen molar-refractivity contribution in [2.75, 3.05) is 20.2 Å². The molecule has 0 spiro atoms. The Balaban J connectivity index is 1.55. The number of hydrogen-bond acceptors (Lipinski definition) is 7. The van der Waals surface area contributed by atoms with E-state index in [1.165, 1.54) is 7.11 Å². The van der Waals surface area contributed by atoms with E-state index in [-0.39, 0.29) is 12.0 Å². The van der Waals surface area contributed by atoms with Crippen molar-refractivity contribution in [2.45, 2.75) is 32.8 Å². The summed E-state index contributed by atoms with van der Waals surface area (Å²) in [5.74, 6) is 1.61. The van der Waals surface area contributed by atoms with Gasteiger partial charge in [0, 0.05) is 30.7 Å². The third kappa shape index (κ3) is 3.47. The van der Waals surface area contributed by atoms with Gasteiger partial charge in [-0.25, -0.2) is 0 Å². The van der Waals surface area contributed by atoms with E-state index < -0.39 is 0 Å². The molecule has 1 aliphatic heterocycles. The van der Waals surface area contributed by atoms with Gasteiger partial charge in [-0.15, -0.1) is 10.2 Å². The number of rotatable bonds is 5. The molecule has 128 valence electrons. The van der Waals surface area contributed by atoms with Crippen LogP contribution in [-0.2, 0) is 11.2 Å². The third-order valence-corrected chi connectivity index (χ3v) is 4.12. The van der Waals surface area contributed by atoms with E-state index >= 15 is 0 Å². The van der Waals surface area contributed by atoms with Gasteiger partial charge in [0.15, 0.2) is 0 Å². The molecule has 3 rings (SSSR count). The number of carbonyl (C=O) groups is 1. The Morgan fingerprint density at radius 2 is 2.08 bits per heavy atom. The summed E-state index contributed by atoms with van der Waals surface area (Å²) in [6, 6.07) is 3.40. The standard InChI is InChI=1S/C16H20N4O4/c1-10-13(11(2)24-19-10)8-16(21)20-7-6-12(9-20)23-15-5-4-14(22-3)17-18-15/h4-5,12H,6-9H2,1-3H3. The zero-order valence-electron chi connectivity index (χ0n) is 14.0. The summed E-state index contributed by atoms with van der Waals surface area (Å²) >= 11 is 0. The smallest absolute Gasteiger partial charge is 0.233 e. The van der Waals surface area contributed by atoms with Crippen molar-refractivity contribution >= 4 is 5.91 Å². The van der Waals surface area contributed by atoms with Crippen molar-refractivity contribution in [2.24, 2.45) is 0 Å². The number of methoxy groups -OCH3 is 1. The lowest BCUT2D eigenvalue weighted by Gasteiger charge is -2.16. The summed E-state index contributed by atoms with van der Waals surface area (Å²) in [5, 5.41) is 11.7. The van der Waals surface area contributed by atoms with Gasteiger partial charge in [0.25, 0.3) is 0 Å². The molecular formula is C16H20N4O4. The summed E-state index contributed by atoms with van der Waals surface area (Å²) in [6.07, 6.45) is 0.985. The van der Waals surface area contributed by atoms with Crippen molar-refractivity contribution in [3.8, 4) is 11.8 Å². The lowest BCUT2D eigenvalue weighted by atomic mass is 10.1. The highest BCUT2D eigenvalue weighted by Crippen LogP contribution is 2.20. The van der Waals surface area contributed by atoms with Crippen molar-refractivity contribution in [1.29, 1.82) is 0 Å².